The highest BCUT2D eigenvalue weighted by Crippen LogP contribution is 2.37. The molecule has 0 bridgehead atoms. The van der Waals surface area contributed by atoms with E-state index in [4.69, 9.17) is 0 Å². The van der Waals surface area contributed by atoms with Gasteiger partial charge in [-0.15, -0.1) is 0 Å². The van der Waals surface area contributed by atoms with Crippen molar-refractivity contribution in [3.05, 3.63) is 54.1 Å². The molecular weight excluding hydrogens is 371 g/mol. The lowest BCUT2D eigenvalue weighted by atomic mass is 10.1. The standard InChI is InChI=1S/C20H20F3N3O2/c1-25(2)15-8-9-17(16(11-15)20(21,22)23)24-19(28)13-10-18(27)26(12-13)14-6-4-3-5-7-14/h3-9,11,13H,10,12H2,1-2H3,(H,24,28). The first-order valence-corrected chi connectivity index (χ1v) is 8.71. The molecule has 0 aromatic heterocycles. The predicted molar refractivity (Wildman–Crippen MR) is 101 cm³/mol. The van der Waals surface area contributed by atoms with Gasteiger partial charge in [0.05, 0.1) is 17.2 Å². The summed E-state index contributed by atoms with van der Waals surface area (Å²) in [6.07, 6.45) is -4.66. The van der Waals surface area contributed by atoms with Crippen molar-refractivity contribution in [2.45, 2.75) is 12.6 Å². The first-order chi connectivity index (χ1) is 13.2. The molecule has 8 heteroatoms. The van der Waals surface area contributed by atoms with Crippen LogP contribution in [0.5, 0.6) is 0 Å². The second kappa shape index (κ2) is 7.53. The molecule has 1 N–H and O–H groups in total. The summed E-state index contributed by atoms with van der Waals surface area (Å²) < 4.78 is 40.3. The van der Waals surface area contributed by atoms with E-state index in [2.05, 4.69) is 5.32 Å². The molecule has 1 atom stereocenters. The van der Waals surface area contributed by atoms with Crippen LogP contribution in [0.4, 0.5) is 30.2 Å². The Hall–Kier alpha value is -3.03. The summed E-state index contributed by atoms with van der Waals surface area (Å²) in [5.74, 6) is -1.55. The molecule has 0 radical (unpaired) electrons. The molecule has 2 aromatic rings. The maximum atomic E-state index is 13.4. The molecule has 1 aliphatic heterocycles. The third kappa shape index (κ3) is 4.11. The number of para-hydroxylation sites is 1. The fourth-order valence-corrected chi connectivity index (χ4v) is 3.13. The van der Waals surface area contributed by atoms with Crippen LogP contribution in [0.3, 0.4) is 0 Å². The summed E-state index contributed by atoms with van der Waals surface area (Å²) in [6, 6.07) is 12.6. The van der Waals surface area contributed by atoms with Crippen LogP contribution in [0.2, 0.25) is 0 Å². The molecule has 1 heterocycles. The van der Waals surface area contributed by atoms with Gasteiger partial charge in [0.25, 0.3) is 0 Å². The predicted octanol–water partition coefficient (Wildman–Crippen LogP) is 3.76. The van der Waals surface area contributed by atoms with Crippen molar-refractivity contribution in [1.29, 1.82) is 0 Å². The fourth-order valence-electron chi connectivity index (χ4n) is 3.13. The SMILES string of the molecule is CN(C)c1ccc(NC(=O)C2CC(=O)N(c3ccccc3)C2)c(C(F)(F)F)c1. The van der Waals surface area contributed by atoms with E-state index in [1.807, 2.05) is 6.07 Å². The molecule has 5 nitrogen and oxygen atoms in total. The van der Waals surface area contributed by atoms with Gasteiger partial charge >= 0.3 is 6.18 Å². The van der Waals surface area contributed by atoms with Crippen LogP contribution in [-0.2, 0) is 15.8 Å². The Labute approximate surface area is 160 Å². The average molecular weight is 391 g/mol. The number of alkyl halides is 3. The molecule has 28 heavy (non-hydrogen) atoms. The van der Waals surface area contributed by atoms with E-state index in [1.165, 1.54) is 17.0 Å². The lowest BCUT2D eigenvalue weighted by Gasteiger charge is -2.20. The van der Waals surface area contributed by atoms with Crippen molar-refractivity contribution >= 4 is 28.9 Å². The summed E-state index contributed by atoms with van der Waals surface area (Å²) in [7, 11) is 3.27. The van der Waals surface area contributed by atoms with Gasteiger partial charge in [0.15, 0.2) is 0 Å². The minimum atomic E-state index is -4.61. The van der Waals surface area contributed by atoms with Crippen LogP contribution >= 0.6 is 0 Å². The van der Waals surface area contributed by atoms with Gasteiger partial charge < -0.3 is 15.1 Å². The van der Waals surface area contributed by atoms with Crippen molar-refractivity contribution in [2.75, 3.05) is 35.8 Å². The zero-order valence-corrected chi connectivity index (χ0v) is 15.5. The molecule has 3 rings (SSSR count). The Balaban J connectivity index is 1.79. The average Bonchev–Trinajstić information content (AvgIpc) is 3.03. The van der Waals surface area contributed by atoms with Crippen LogP contribution in [0.1, 0.15) is 12.0 Å². The summed E-state index contributed by atoms with van der Waals surface area (Å²) in [5.41, 5.74) is -0.198. The molecular formula is C20H20F3N3O2. The number of benzene rings is 2. The Bertz CT molecular complexity index is 882. The zero-order valence-electron chi connectivity index (χ0n) is 15.5. The molecule has 0 spiro atoms. The molecule has 1 saturated heterocycles. The van der Waals surface area contributed by atoms with Gasteiger partial charge in [0.1, 0.15) is 0 Å². The van der Waals surface area contributed by atoms with Crippen molar-refractivity contribution in [3.8, 4) is 0 Å². The number of carbonyl (C=O) groups excluding carboxylic acids is 2. The van der Waals surface area contributed by atoms with E-state index in [9.17, 15) is 22.8 Å². The van der Waals surface area contributed by atoms with Crippen molar-refractivity contribution in [1.82, 2.24) is 0 Å². The Kier molecular flexibility index (Phi) is 5.31. The Morgan fingerprint density at radius 2 is 1.82 bits per heavy atom. The van der Waals surface area contributed by atoms with E-state index in [0.29, 0.717) is 11.4 Å². The largest absolute Gasteiger partial charge is 0.418 e. The van der Waals surface area contributed by atoms with Gasteiger partial charge in [-0.3, -0.25) is 9.59 Å². The highest BCUT2D eigenvalue weighted by atomic mass is 19.4. The van der Waals surface area contributed by atoms with Crippen LogP contribution < -0.4 is 15.1 Å². The second-order valence-electron chi connectivity index (χ2n) is 6.85. The molecule has 2 amide bonds. The minimum Gasteiger partial charge on any atom is -0.378 e. The van der Waals surface area contributed by atoms with Gasteiger partial charge in [-0.25, -0.2) is 0 Å². The number of anilines is 3. The van der Waals surface area contributed by atoms with Crippen LogP contribution in [0.15, 0.2) is 48.5 Å². The monoisotopic (exact) mass is 391 g/mol. The Morgan fingerprint density at radius 1 is 1.14 bits per heavy atom. The summed E-state index contributed by atoms with van der Waals surface area (Å²) in [6.45, 7) is 0.131. The van der Waals surface area contributed by atoms with E-state index in [1.54, 1.807) is 43.3 Å². The maximum Gasteiger partial charge on any atom is 0.418 e. The third-order valence-corrected chi connectivity index (χ3v) is 4.65. The quantitative estimate of drug-likeness (QED) is 0.864. The smallest absolute Gasteiger partial charge is 0.378 e. The van der Waals surface area contributed by atoms with Gasteiger partial charge in [-0.05, 0) is 30.3 Å². The summed E-state index contributed by atoms with van der Waals surface area (Å²) in [5, 5.41) is 2.36. The second-order valence-corrected chi connectivity index (χ2v) is 6.85. The number of nitrogens with one attached hydrogen (secondary N) is 1. The van der Waals surface area contributed by atoms with Gasteiger partial charge in [-0.2, -0.15) is 13.2 Å². The molecule has 1 fully saturated rings. The summed E-state index contributed by atoms with van der Waals surface area (Å²) >= 11 is 0. The topological polar surface area (TPSA) is 52.7 Å². The lowest BCUT2D eigenvalue weighted by molar-refractivity contribution is -0.137. The molecule has 0 saturated carbocycles. The first-order valence-electron chi connectivity index (χ1n) is 8.71. The van der Waals surface area contributed by atoms with E-state index in [-0.39, 0.29) is 24.6 Å². The fraction of sp³-hybridized carbons (Fsp3) is 0.300. The van der Waals surface area contributed by atoms with E-state index in [0.717, 1.165) is 6.07 Å². The van der Waals surface area contributed by atoms with Gasteiger partial charge in [-0.1, -0.05) is 18.2 Å². The highest BCUT2D eigenvalue weighted by molar-refractivity contribution is 6.03. The van der Waals surface area contributed by atoms with Crippen molar-refractivity contribution < 1.29 is 22.8 Å². The summed E-state index contributed by atoms with van der Waals surface area (Å²) in [4.78, 5) is 27.8. The van der Waals surface area contributed by atoms with Crippen LogP contribution in [0, 0.1) is 5.92 Å². The highest BCUT2D eigenvalue weighted by Gasteiger charge is 2.38. The van der Waals surface area contributed by atoms with Gasteiger partial charge in [0.2, 0.25) is 11.8 Å². The number of halogens is 3. The van der Waals surface area contributed by atoms with Crippen LogP contribution in [0.25, 0.3) is 0 Å². The number of hydrogen-bond acceptors (Lipinski definition) is 3. The maximum absolute atomic E-state index is 13.4. The van der Waals surface area contributed by atoms with E-state index >= 15 is 0 Å². The van der Waals surface area contributed by atoms with E-state index < -0.39 is 23.6 Å². The first kappa shape index (κ1) is 19.7. The molecule has 1 unspecified atom stereocenters. The number of amides is 2. The van der Waals surface area contributed by atoms with Crippen molar-refractivity contribution in [3.63, 3.8) is 0 Å². The van der Waals surface area contributed by atoms with Crippen LogP contribution in [-0.4, -0.2) is 32.5 Å². The van der Waals surface area contributed by atoms with Gasteiger partial charge in [0, 0.05) is 38.4 Å². The molecule has 148 valence electrons. The number of hydrogen-bond donors (Lipinski definition) is 1. The number of carbonyl (C=O) groups is 2. The minimum absolute atomic E-state index is 0.0438. The zero-order chi connectivity index (χ0) is 20.5. The Morgan fingerprint density at radius 3 is 2.43 bits per heavy atom. The van der Waals surface area contributed by atoms with Crippen molar-refractivity contribution in [2.24, 2.45) is 5.92 Å². The molecule has 0 aliphatic carbocycles. The third-order valence-electron chi connectivity index (χ3n) is 4.65. The normalized spacial score (nSPS) is 17.0. The number of rotatable bonds is 4. The molecule has 1 aliphatic rings. The lowest BCUT2D eigenvalue weighted by Crippen LogP contribution is -2.28. The molecule has 2 aromatic carbocycles. The number of nitrogens with zero attached hydrogens (tertiary/aromatic N) is 2.